The van der Waals surface area contributed by atoms with Gasteiger partial charge in [-0.1, -0.05) is 246 Å². The number of hydrogen-bond donors (Lipinski definition) is 3. The van der Waals surface area contributed by atoms with Gasteiger partial charge in [-0.2, -0.15) is 0 Å². The van der Waals surface area contributed by atoms with Crippen LogP contribution in [0.15, 0.2) is 97.2 Å². The molecule has 12 nitrogen and oxygen atoms in total. The minimum absolute atomic E-state index is 0.00415. The summed E-state index contributed by atoms with van der Waals surface area (Å²) in [5, 5.41) is 31.6. The first-order chi connectivity index (χ1) is 39.6. The number of allylic oxidation sites excluding steroid dienone is 16. The molecule has 3 N–H and O–H groups in total. The number of ether oxygens (including phenoxy) is 5. The summed E-state index contributed by atoms with van der Waals surface area (Å²) >= 11 is 0. The van der Waals surface area contributed by atoms with Crippen molar-refractivity contribution >= 4 is 23.9 Å². The van der Waals surface area contributed by atoms with Gasteiger partial charge in [0.2, 0.25) is 0 Å². The minimum Gasteiger partial charge on any atom is -0.479 e. The van der Waals surface area contributed by atoms with E-state index in [0.29, 0.717) is 25.7 Å². The lowest BCUT2D eigenvalue weighted by Gasteiger charge is -2.40. The third-order valence-electron chi connectivity index (χ3n) is 14.2. The Morgan fingerprint density at radius 2 is 0.778 bits per heavy atom. The lowest BCUT2D eigenvalue weighted by molar-refractivity contribution is -0.301. The van der Waals surface area contributed by atoms with Crippen LogP contribution >= 0.6 is 0 Å². The SMILES string of the molecule is CC/C=C\C/C=C\C/C=C\C/C=C\CCCCCCCCC(=O)OCC(COC1OC(C(=O)O)C(O)C(O)C1OC(=O)CCCC/C=C\C/C=C\C/C=C\C/C=C\CC)OC(=O)CCCCCCCCCCCCCCCCCCC. The van der Waals surface area contributed by atoms with Gasteiger partial charge in [0, 0.05) is 19.3 Å². The van der Waals surface area contributed by atoms with E-state index in [-0.39, 0.29) is 25.9 Å². The molecule has 81 heavy (non-hydrogen) atoms. The summed E-state index contributed by atoms with van der Waals surface area (Å²) in [6.45, 7) is 5.76. The maximum absolute atomic E-state index is 13.2. The van der Waals surface area contributed by atoms with Gasteiger partial charge in [0.25, 0.3) is 0 Å². The van der Waals surface area contributed by atoms with Crippen LogP contribution < -0.4 is 0 Å². The molecular formula is C69H114O12. The third kappa shape index (κ3) is 45.8. The monoisotopic (exact) mass is 1130 g/mol. The molecule has 0 aromatic heterocycles. The van der Waals surface area contributed by atoms with Gasteiger partial charge in [-0.05, 0) is 96.3 Å². The quantitative estimate of drug-likeness (QED) is 0.0228. The predicted molar refractivity (Wildman–Crippen MR) is 331 cm³/mol. The standard InChI is InChI=1S/C69H114O12/c1-4-7-10-13-16-19-22-25-28-30-31-33-35-37-40-43-46-49-52-55-61(70)77-58-60(79-62(71)56-53-50-47-44-41-39-36-32-29-26-23-20-17-14-11-8-5-2)59-78-69-67(65(74)64(73)66(81-69)68(75)76)80-63(72)57-54-51-48-45-42-38-34-27-24-21-18-15-12-9-6-3/h7,9-10,12,16,18-19,21,25,27-28,31,33-34,42,45,60,64-67,69,73-74H,4-6,8,11,13-15,17,20,22-24,26,29-30,32,35-41,43-44,46-59H2,1-3H3,(H,75,76)/b10-7-,12-9-,19-16-,21-18-,28-25-,33-31-,34-27-,45-42-. The number of carboxylic acids is 1. The molecule has 0 saturated carbocycles. The number of rotatable bonds is 54. The summed E-state index contributed by atoms with van der Waals surface area (Å²) in [6, 6.07) is 0. The first-order valence-corrected chi connectivity index (χ1v) is 32.2. The van der Waals surface area contributed by atoms with Crippen LogP contribution in [0.4, 0.5) is 0 Å². The fourth-order valence-electron chi connectivity index (χ4n) is 9.29. The Kier molecular flexibility index (Phi) is 51.7. The van der Waals surface area contributed by atoms with Crippen molar-refractivity contribution in [1.82, 2.24) is 0 Å². The highest BCUT2D eigenvalue weighted by atomic mass is 16.7. The molecule has 0 aliphatic carbocycles. The van der Waals surface area contributed by atoms with Crippen LogP contribution in [-0.4, -0.2) is 89.2 Å². The van der Waals surface area contributed by atoms with Gasteiger partial charge in [-0.15, -0.1) is 0 Å². The zero-order chi connectivity index (χ0) is 58.9. The summed E-state index contributed by atoms with van der Waals surface area (Å²) < 4.78 is 28.5. The molecule has 6 atom stereocenters. The van der Waals surface area contributed by atoms with E-state index >= 15 is 0 Å². The van der Waals surface area contributed by atoms with Crippen molar-refractivity contribution in [2.45, 2.75) is 302 Å². The minimum atomic E-state index is -1.92. The van der Waals surface area contributed by atoms with Gasteiger partial charge < -0.3 is 39.0 Å². The Hall–Kier alpha value is -4.36. The van der Waals surface area contributed by atoms with Gasteiger partial charge in [-0.25, -0.2) is 4.79 Å². The molecule has 6 unspecified atom stereocenters. The fraction of sp³-hybridized carbons (Fsp3) is 0.710. The Morgan fingerprint density at radius 3 is 1.21 bits per heavy atom. The molecule has 0 bridgehead atoms. The largest absolute Gasteiger partial charge is 0.479 e. The zero-order valence-corrected chi connectivity index (χ0v) is 51.0. The smallest absolute Gasteiger partial charge is 0.335 e. The average molecular weight is 1140 g/mol. The molecular weight excluding hydrogens is 1020 g/mol. The molecule has 1 rings (SSSR count). The maximum Gasteiger partial charge on any atom is 0.335 e. The van der Waals surface area contributed by atoms with E-state index < -0.39 is 67.3 Å². The molecule has 1 saturated heterocycles. The van der Waals surface area contributed by atoms with Gasteiger partial charge >= 0.3 is 23.9 Å². The van der Waals surface area contributed by atoms with Crippen LogP contribution in [0.2, 0.25) is 0 Å². The van der Waals surface area contributed by atoms with Crippen molar-refractivity contribution < 1.29 is 58.2 Å². The molecule has 1 aliphatic heterocycles. The number of hydrogen-bond acceptors (Lipinski definition) is 11. The number of aliphatic hydroxyl groups excluding tert-OH is 2. The summed E-state index contributed by atoms with van der Waals surface area (Å²) in [6.07, 6.45) is 62.3. The van der Waals surface area contributed by atoms with Crippen molar-refractivity contribution in [2.75, 3.05) is 13.2 Å². The van der Waals surface area contributed by atoms with Gasteiger partial charge in [0.1, 0.15) is 18.8 Å². The molecule has 1 aliphatic rings. The fourth-order valence-corrected chi connectivity index (χ4v) is 9.29. The van der Waals surface area contributed by atoms with Crippen LogP contribution in [0.1, 0.15) is 265 Å². The maximum atomic E-state index is 13.2. The summed E-state index contributed by atoms with van der Waals surface area (Å²) in [5.74, 6) is -3.19. The van der Waals surface area contributed by atoms with E-state index in [1.165, 1.54) is 83.5 Å². The molecule has 0 amide bonds. The molecule has 0 radical (unpaired) electrons. The summed E-state index contributed by atoms with van der Waals surface area (Å²) in [7, 11) is 0. The molecule has 1 fully saturated rings. The summed E-state index contributed by atoms with van der Waals surface area (Å²) in [4.78, 5) is 51.3. The van der Waals surface area contributed by atoms with E-state index in [1.54, 1.807) is 0 Å². The van der Waals surface area contributed by atoms with E-state index in [2.05, 4.69) is 118 Å². The second-order valence-electron chi connectivity index (χ2n) is 21.6. The number of aliphatic carboxylic acids is 1. The normalized spacial score (nSPS) is 18.4. The van der Waals surface area contributed by atoms with E-state index in [9.17, 15) is 34.5 Å². The number of carboxylic acid groups (broad SMARTS) is 1. The topological polar surface area (TPSA) is 175 Å². The zero-order valence-electron chi connectivity index (χ0n) is 51.0. The number of esters is 3. The Labute approximate surface area is 492 Å². The van der Waals surface area contributed by atoms with Crippen LogP contribution in [-0.2, 0) is 42.9 Å². The highest BCUT2D eigenvalue weighted by molar-refractivity contribution is 5.74. The Bertz CT molecular complexity index is 1780. The van der Waals surface area contributed by atoms with E-state index in [0.717, 1.165) is 116 Å². The molecule has 12 heteroatoms. The molecule has 0 aromatic rings. The molecule has 0 aromatic carbocycles. The second-order valence-corrected chi connectivity index (χ2v) is 21.6. The lowest BCUT2D eigenvalue weighted by atomic mass is 9.98. The van der Waals surface area contributed by atoms with Gasteiger partial charge in [0.05, 0.1) is 6.61 Å². The lowest BCUT2D eigenvalue weighted by Crippen LogP contribution is -2.61. The number of carbonyl (C=O) groups is 4. The highest BCUT2D eigenvalue weighted by Crippen LogP contribution is 2.26. The first kappa shape index (κ1) is 74.7. The first-order valence-electron chi connectivity index (χ1n) is 32.2. The van der Waals surface area contributed by atoms with Crippen molar-refractivity contribution in [3.8, 4) is 0 Å². The number of carbonyl (C=O) groups excluding carboxylic acids is 3. The van der Waals surface area contributed by atoms with Crippen molar-refractivity contribution in [3.05, 3.63) is 97.2 Å². The van der Waals surface area contributed by atoms with Crippen molar-refractivity contribution in [2.24, 2.45) is 0 Å². The van der Waals surface area contributed by atoms with Crippen molar-refractivity contribution in [3.63, 3.8) is 0 Å². The van der Waals surface area contributed by atoms with Crippen LogP contribution in [0.5, 0.6) is 0 Å². The highest BCUT2D eigenvalue weighted by Gasteiger charge is 2.50. The van der Waals surface area contributed by atoms with E-state index in [1.807, 2.05) is 0 Å². The van der Waals surface area contributed by atoms with Crippen LogP contribution in [0.3, 0.4) is 0 Å². The van der Waals surface area contributed by atoms with Gasteiger partial charge in [0.15, 0.2) is 24.6 Å². The van der Waals surface area contributed by atoms with Gasteiger partial charge in [-0.3, -0.25) is 14.4 Å². The average Bonchev–Trinajstić information content (AvgIpc) is 3.53. The van der Waals surface area contributed by atoms with Crippen LogP contribution in [0, 0.1) is 0 Å². The summed E-state index contributed by atoms with van der Waals surface area (Å²) in [5.41, 5.74) is 0. The number of aliphatic hydroxyl groups is 2. The molecule has 0 spiro atoms. The van der Waals surface area contributed by atoms with E-state index in [4.69, 9.17) is 23.7 Å². The van der Waals surface area contributed by atoms with Crippen molar-refractivity contribution in [1.29, 1.82) is 0 Å². The predicted octanol–water partition coefficient (Wildman–Crippen LogP) is 17.2. The number of unbranched alkanes of at least 4 members (excludes halogenated alkanes) is 24. The second kappa shape index (κ2) is 56.1. The van der Waals surface area contributed by atoms with Crippen LogP contribution in [0.25, 0.3) is 0 Å². The molecule has 462 valence electrons. The molecule has 1 heterocycles. The Balaban J connectivity index is 2.69. The Morgan fingerprint density at radius 1 is 0.420 bits per heavy atom. The third-order valence-corrected chi connectivity index (χ3v) is 14.2.